The normalized spacial score (nSPS) is 11.6. The number of hydrogen-bond donors (Lipinski definition) is 2. The average molecular weight is 525 g/mol. The number of nitrogens with zero attached hydrogens (tertiary/aromatic N) is 1. The van der Waals surface area contributed by atoms with E-state index in [1.807, 2.05) is 24.3 Å². The first-order valence-corrected chi connectivity index (χ1v) is 13.5. The summed E-state index contributed by atoms with van der Waals surface area (Å²) in [6.45, 7) is 0. The zero-order valence-electron chi connectivity index (χ0n) is 18.7. The van der Waals surface area contributed by atoms with E-state index in [1.54, 1.807) is 36.4 Å². The second kappa shape index (κ2) is 9.29. The maximum Gasteiger partial charge on any atom is 0.265 e. The molecule has 0 atom stereocenters. The van der Waals surface area contributed by atoms with Gasteiger partial charge in [-0.1, -0.05) is 48.2 Å². The molecule has 0 unspecified atom stereocenters. The molecular formula is C25H20N2O5S3. The predicted octanol–water partition coefficient (Wildman–Crippen LogP) is 6.12. The van der Waals surface area contributed by atoms with Gasteiger partial charge in [-0.2, -0.15) is 0 Å². The van der Waals surface area contributed by atoms with Crippen LogP contribution in [0.2, 0.25) is 0 Å². The Bertz CT molecular complexity index is 1630. The van der Waals surface area contributed by atoms with Crippen LogP contribution in [0.1, 0.15) is 0 Å². The van der Waals surface area contributed by atoms with E-state index < -0.39 is 10.0 Å². The van der Waals surface area contributed by atoms with E-state index in [0.29, 0.717) is 27.1 Å². The van der Waals surface area contributed by atoms with Crippen LogP contribution in [-0.2, 0) is 10.0 Å². The molecule has 0 aliphatic rings. The molecule has 0 saturated heterocycles. The Labute approximate surface area is 210 Å². The van der Waals surface area contributed by atoms with Crippen molar-refractivity contribution in [2.24, 2.45) is 0 Å². The first-order chi connectivity index (χ1) is 16.9. The number of ether oxygens (including phenoxy) is 2. The number of sulfonamides is 1. The third kappa shape index (κ3) is 4.47. The van der Waals surface area contributed by atoms with E-state index in [9.17, 15) is 13.5 Å². The molecule has 0 spiro atoms. The van der Waals surface area contributed by atoms with Crippen LogP contribution in [0.3, 0.4) is 0 Å². The smallest absolute Gasteiger partial charge is 0.265 e. The van der Waals surface area contributed by atoms with Crippen molar-refractivity contribution in [3.05, 3.63) is 72.8 Å². The van der Waals surface area contributed by atoms with Gasteiger partial charge in [0.15, 0.2) is 4.34 Å². The number of nitrogens with one attached hydrogen (secondary N) is 1. The Balaban J connectivity index is 1.60. The molecule has 0 aliphatic carbocycles. The number of anilines is 1. The van der Waals surface area contributed by atoms with Crippen molar-refractivity contribution in [1.82, 2.24) is 4.98 Å². The first-order valence-electron chi connectivity index (χ1n) is 10.4. The van der Waals surface area contributed by atoms with E-state index in [2.05, 4.69) is 9.71 Å². The van der Waals surface area contributed by atoms with Crippen LogP contribution in [-0.4, -0.2) is 32.7 Å². The number of phenols is 1. The van der Waals surface area contributed by atoms with Gasteiger partial charge in [-0.3, -0.25) is 4.72 Å². The Kier molecular flexibility index (Phi) is 6.18. The summed E-state index contributed by atoms with van der Waals surface area (Å²) in [7, 11) is -1.19. The number of methoxy groups -OCH3 is 2. The molecule has 0 amide bonds. The summed E-state index contributed by atoms with van der Waals surface area (Å²) < 4.78 is 41.8. The molecule has 0 saturated carbocycles. The number of aromatic nitrogens is 1. The third-order valence-electron chi connectivity index (χ3n) is 5.36. The zero-order chi connectivity index (χ0) is 24.6. The Morgan fingerprint density at radius 1 is 0.943 bits per heavy atom. The lowest BCUT2D eigenvalue weighted by Gasteiger charge is -2.16. The van der Waals surface area contributed by atoms with Crippen molar-refractivity contribution >= 4 is 59.8 Å². The second-order valence-corrected chi connectivity index (χ2v) is 11.5. The van der Waals surface area contributed by atoms with Gasteiger partial charge in [0.05, 0.1) is 35.0 Å². The van der Waals surface area contributed by atoms with Crippen molar-refractivity contribution in [1.29, 1.82) is 0 Å². The largest absolute Gasteiger partial charge is 0.506 e. The van der Waals surface area contributed by atoms with Crippen LogP contribution in [0.4, 0.5) is 5.69 Å². The van der Waals surface area contributed by atoms with Crippen molar-refractivity contribution in [3.8, 4) is 17.2 Å². The number of aromatic hydroxyl groups is 1. The first kappa shape index (κ1) is 23.3. The SMILES string of the molecule is COc1ccc(OC)c(S(=O)(=O)Nc2cc(Sc3nc4ccccc4s3)c(O)c3ccccc23)c1. The van der Waals surface area contributed by atoms with E-state index in [4.69, 9.17) is 9.47 Å². The fraction of sp³-hybridized carbons (Fsp3) is 0.0800. The summed E-state index contributed by atoms with van der Waals surface area (Å²) in [5, 5.41) is 12.1. The maximum atomic E-state index is 13.4. The number of thiazole rings is 1. The minimum absolute atomic E-state index is 0.0584. The van der Waals surface area contributed by atoms with Gasteiger partial charge in [0, 0.05) is 16.8 Å². The molecule has 2 N–H and O–H groups in total. The van der Waals surface area contributed by atoms with Gasteiger partial charge in [0.1, 0.15) is 22.1 Å². The summed E-state index contributed by atoms with van der Waals surface area (Å²) >= 11 is 2.79. The maximum absolute atomic E-state index is 13.4. The third-order valence-corrected chi connectivity index (χ3v) is 8.87. The van der Waals surface area contributed by atoms with Gasteiger partial charge in [0.2, 0.25) is 0 Å². The van der Waals surface area contributed by atoms with Crippen LogP contribution in [0.5, 0.6) is 17.2 Å². The second-order valence-electron chi connectivity index (χ2n) is 7.49. The minimum Gasteiger partial charge on any atom is -0.506 e. The average Bonchev–Trinajstić information content (AvgIpc) is 3.28. The van der Waals surface area contributed by atoms with Crippen LogP contribution >= 0.6 is 23.1 Å². The quantitative estimate of drug-likeness (QED) is 0.247. The van der Waals surface area contributed by atoms with Crippen molar-refractivity contribution in [3.63, 3.8) is 0 Å². The van der Waals surface area contributed by atoms with Crippen molar-refractivity contribution < 1.29 is 23.0 Å². The van der Waals surface area contributed by atoms with E-state index in [-0.39, 0.29) is 16.4 Å². The molecule has 1 aromatic heterocycles. The highest BCUT2D eigenvalue weighted by Crippen LogP contribution is 2.44. The van der Waals surface area contributed by atoms with Gasteiger partial charge >= 0.3 is 0 Å². The standard InChI is InChI=1S/C25H20N2O5S3/c1-31-15-11-12-20(32-2)23(13-15)35(29,30)27-19-14-22(24(28)17-8-4-3-7-16(17)19)34-25-26-18-9-5-6-10-21(18)33-25/h3-14,27-28H,1-2H3. The number of fused-ring (bicyclic) bond motifs is 2. The Hall–Kier alpha value is -3.47. The monoisotopic (exact) mass is 524 g/mol. The molecular weight excluding hydrogens is 504 g/mol. The van der Waals surface area contributed by atoms with E-state index >= 15 is 0 Å². The summed E-state index contributed by atoms with van der Waals surface area (Å²) in [6.07, 6.45) is 0. The van der Waals surface area contributed by atoms with Crippen LogP contribution in [0, 0.1) is 0 Å². The number of benzene rings is 4. The number of rotatable bonds is 7. The summed E-state index contributed by atoms with van der Waals surface area (Å²) in [4.78, 5) is 5.05. The molecule has 178 valence electrons. The Morgan fingerprint density at radius 3 is 2.43 bits per heavy atom. The molecule has 35 heavy (non-hydrogen) atoms. The summed E-state index contributed by atoms with van der Waals surface area (Å²) in [5.74, 6) is 0.631. The molecule has 5 aromatic rings. The van der Waals surface area contributed by atoms with Gasteiger partial charge in [-0.25, -0.2) is 13.4 Å². The molecule has 0 aliphatic heterocycles. The topological polar surface area (TPSA) is 97.8 Å². The molecule has 7 nitrogen and oxygen atoms in total. The summed E-state index contributed by atoms with van der Waals surface area (Å²) in [5.41, 5.74) is 1.19. The fourth-order valence-corrected chi connectivity index (χ4v) is 7.05. The lowest BCUT2D eigenvalue weighted by atomic mass is 10.1. The lowest BCUT2D eigenvalue weighted by molar-refractivity contribution is 0.392. The lowest BCUT2D eigenvalue weighted by Crippen LogP contribution is -2.14. The Morgan fingerprint density at radius 2 is 1.69 bits per heavy atom. The summed E-state index contributed by atoms with van der Waals surface area (Å²) in [6, 6.07) is 21.0. The van der Waals surface area contributed by atoms with E-state index in [0.717, 1.165) is 14.6 Å². The van der Waals surface area contributed by atoms with Gasteiger partial charge < -0.3 is 14.6 Å². The predicted molar refractivity (Wildman–Crippen MR) is 140 cm³/mol. The van der Waals surface area contributed by atoms with Gasteiger partial charge in [0.25, 0.3) is 10.0 Å². The molecule has 4 aromatic carbocycles. The van der Waals surface area contributed by atoms with Crippen LogP contribution in [0.15, 0.2) is 86.9 Å². The van der Waals surface area contributed by atoms with Crippen molar-refractivity contribution in [2.45, 2.75) is 14.1 Å². The zero-order valence-corrected chi connectivity index (χ0v) is 21.1. The molecule has 5 rings (SSSR count). The molecule has 0 bridgehead atoms. The van der Waals surface area contributed by atoms with Gasteiger partial charge in [-0.15, -0.1) is 11.3 Å². The molecule has 0 fully saturated rings. The van der Waals surface area contributed by atoms with Crippen LogP contribution in [0.25, 0.3) is 21.0 Å². The van der Waals surface area contributed by atoms with Gasteiger partial charge in [-0.05, 0) is 30.3 Å². The number of hydrogen-bond acceptors (Lipinski definition) is 8. The number of phenolic OH excluding ortho intramolecular Hbond substituents is 1. The molecule has 1 heterocycles. The van der Waals surface area contributed by atoms with Crippen LogP contribution < -0.4 is 14.2 Å². The molecule has 0 radical (unpaired) electrons. The fourth-order valence-electron chi connectivity index (χ4n) is 3.68. The highest BCUT2D eigenvalue weighted by atomic mass is 32.2. The highest BCUT2D eigenvalue weighted by Gasteiger charge is 2.23. The minimum atomic E-state index is -4.06. The highest BCUT2D eigenvalue weighted by molar-refractivity contribution is 8.01. The molecule has 10 heteroatoms. The van der Waals surface area contributed by atoms with E-state index in [1.165, 1.54) is 49.5 Å². The van der Waals surface area contributed by atoms with Crippen molar-refractivity contribution in [2.75, 3.05) is 18.9 Å². The number of para-hydroxylation sites is 1.